The van der Waals surface area contributed by atoms with Gasteiger partial charge < -0.3 is 15.0 Å². The van der Waals surface area contributed by atoms with Crippen molar-refractivity contribution >= 4 is 28.9 Å². The highest BCUT2D eigenvalue weighted by Gasteiger charge is 2.27. The number of hydrogen-bond acceptors (Lipinski definition) is 6. The van der Waals surface area contributed by atoms with Gasteiger partial charge in [0.05, 0.1) is 28.9 Å². The average molecular weight is 363 g/mol. The molecule has 0 aliphatic carbocycles. The summed E-state index contributed by atoms with van der Waals surface area (Å²) in [6.45, 7) is -0.596. The molecule has 0 unspecified atom stereocenters. The van der Waals surface area contributed by atoms with Crippen molar-refractivity contribution in [2.24, 2.45) is 0 Å². The van der Waals surface area contributed by atoms with Gasteiger partial charge in [0.1, 0.15) is 18.2 Å². The number of hydrogen-bond donors (Lipinski definition) is 1. The van der Waals surface area contributed by atoms with Crippen LogP contribution < -0.4 is 15.0 Å². The predicted molar refractivity (Wildman–Crippen MR) is 85.9 cm³/mol. The summed E-state index contributed by atoms with van der Waals surface area (Å²) in [4.78, 5) is 35.3. The number of amides is 1. The molecule has 2 aromatic carbocycles. The van der Waals surface area contributed by atoms with E-state index in [9.17, 15) is 28.5 Å². The summed E-state index contributed by atoms with van der Waals surface area (Å²) in [7, 11) is 0. The molecule has 2 aromatic rings. The van der Waals surface area contributed by atoms with Gasteiger partial charge in [0.25, 0.3) is 5.69 Å². The van der Waals surface area contributed by atoms with Gasteiger partial charge >= 0.3 is 5.97 Å². The van der Waals surface area contributed by atoms with Crippen molar-refractivity contribution in [1.82, 2.24) is 0 Å². The lowest BCUT2D eigenvalue weighted by molar-refractivity contribution is -0.384. The summed E-state index contributed by atoms with van der Waals surface area (Å²) in [6.07, 6.45) is 0. The third-order valence-electron chi connectivity index (χ3n) is 3.58. The first-order chi connectivity index (χ1) is 12.3. The third-order valence-corrected chi connectivity index (χ3v) is 3.58. The predicted octanol–water partition coefficient (Wildman–Crippen LogP) is 2.24. The van der Waals surface area contributed by atoms with Crippen molar-refractivity contribution in [2.75, 3.05) is 23.3 Å². The van der Waals surface area contributed by atoms with Gasteiger partial charge in [-0.3, -0.25) is 14.9 Å². The monoisotopic (exact) mass is 363 g/mol. The second-order valence-corrected chi connectivity index (χ2v) is 5.41. The van der Waals surface area contributed by atoms with E-state index in [1.807, 2.05) is 0 Å². The molecule has 0 atom stereocenters. The number of carbonyl (C=O) groups excluding carboxylic acids is 2. The fourth-order valence-electron chi connectivity index (χ4n) is 2.45. The Kier molecular flexibility index (Phi) is 4.48. The minimum Gasteiger partial charge on any atom is -0.423 e. The van der Waals surface area contributed by atoms with Crippen LogP contribution >= 0.6 is 0 Å². The van der Waals surface area contributed by atoms with Crippen LogP contribution in [0.15, 0.2) is 36.4 Å². The van der Waals surface area contributed by atoms with Crippen LogP contribution in [0.1, 0.15) is 0 Å². The maximum atomic E-state index is 13.6. The number of fused-ring (bicyclic) bond motifs is 1. The Morgan fingerprint density at radius 2 is 2.04 bits per heavy atom. The largest absolute Gasteiger partial charge is 0.423 e. The maximum absolute atomic E-state index is 13.6. The molecule has 0 radical (unpaired) electrons. The van der Waals surface area contributed by atoms with E-state index < -0.39 is 28.4 Å². The number of nitrogens with zero attached hydrogens (tertiary/aromatic N) is 2. The van der Waals surface area contributed by atoms with Crippen molar-refractivity contribution in [3.8, 4) is 5.75 Å². The van der Waals surface area contributed by atoms with Gasteiger partial charge in [0.15, 0.2) is 5.75 Å². The third kappa shape index (κ3) is 3.58. The molecule has 1 aliphatic rings. The molecule has 0 aromatic heterocycles. The summed E-state index contributed by atoms with van der Waals surface area (Å²) < 4.78 is 31.5. The van der Waals surface area contributed by atoms with Crippen molar-refractivity contribution in [3.05, 3.63) is 58.1 Å². The van der Waals surface area contributed by atoms with Crippen LogP contribution in [-0.4, -0.2) is 29.9 Å². The zero-order valence-corrected chi connectivity index (χ0v) is 13.1. The van der Waals surface area contributed by atoms with E-state index in [-0.39, 0.29) is 30.2 Å². The molecule has 1 amide bonds. The van der Waals surface area contributed by atoms with Crippen LogP contribution in [0.5, 0.6) is 5.75 Å². The van der Waals surface area contributed by atoms with Crippen LogP contribution in [0.3, 0.4) is 0 Å². The van der Waals surface area contributed by atoms with Gasteiger partial charge in [-0.2, -0.15) is 0 Å². The number of nitrogens with one attached hydrogen (secondary N) is 1. The zero-order chi connectivity index (χ0) is 18.8. The first kappa shape index (κ1) is 17.3. The van der Waals surface area contributed by atoms with Gasteiger partial charge in [-0.25, -0.2) is 13.6 Å². The highest BCUT2D eigenvalue weighted by Crippen LogP contribution is 2.35. The van der Waals surface area contributed by atoms with Gasteiger partial charge in [0, 0.05) is 12.1 Å². The van der Waals surface area contributed by atoms with Crippen molar-refractivity contribution in [1.29, 1.82) is 0 Å². The topological polar surface area (TPSA) is 102 Å². The number of carbonyl (C=O) groups is 2. The van der Waals surface area contributed by atoms with Crippen LogP contribution in [0.2, 0.25) is 0 Å². The fraction of sp³-hybridized carbons (Fsp3) is 0.125. The summed E-state index contributed by atoms with van der Waals surface area (Å²) >= 11 is 0. The lowest BCUT2D eigenvalue weighted by atomic mass is 10.2. The summed E-state index contributed by atoms with van der Waals surface area (Å²) in [5, 5.41) is 13.1. The Morgan fingerprint density at radius 3 is 2.73 bits per heavy atom. The molecule has 0 saturated heterocycles. The summed E-state index contributed by atoms with van der Waals surface area (Å²) in [5.74, 6) is -3.12. The van der Waals surface area contributed by atoms with E-state index in [0.29, 0.717) is 11.8 Å². The number of rotatable bonds is 4. The van der Waals surface area contributed by atoms with E-state index in [1.165, 1.54) is 17.0 Å². The molecule has 3 rings (SSSR count). The average Bonchev–Trinajstić information content (AvgIpc) is 2.56. The van der Waals surface area contributed by atoms with Crippen molar-refractivity contribution in [2.45, 2.75) is 0 Å². The quantitative estimate of drug-likeness (QED) is 0.387. The standard InChI is InChI=1S/C16H11F2N3O5/c17-9-1-3-12(11(18)5-9)19-15(22)7-20-8-16(23)26-14-6-10(21(24)25)2-4-13(14)20/h1-6H,7-8H2,(H,19,22). The van der Waals surface area contributed by atoms with Crippen LogP contribution in [0, 0.1) is 21.7 Å². The minimum absolute atomic E-state index is 0.0452. The van der Waals surface area contributed by atoms with Crippen molar-refractivity contribution in [3.63, 3.8) is 0 Å². The molecule has 0 fully saturated rings. The Hall–Kier alpha value is -3.56. The SMILES string of the molecule is O=C(CN1CC(=O)Oc2cc([N+](=O)[O-])ccc21)Nc1ccc(F)cc1F. The van der Waals surface area contributed by atoms with E-state index >= 15 is 0 Å². The minimum atomic E-state index is -0.938. The number of anilines is 2. The smallest absolute Gasteiger partial charge is 0.331 e. The lowest BCUT2D eigenvalue weighted by Crippen LogP contribution is -2.41. The number of ether oxygens (including phenoxy) is 1. The number of benzene rings is 2. The first-order valence-electron chi connectivity index (χ1n) is 7.32. The Morgan fingerprint density at radius 1 is 1.27 bits per heavy atom. The molecule has 1 N–H and O–H groups in total. The Labute approximate surface area is 145 Å². The maximum Gasteiger partial charge on any atom is 0.331 e. The second kappa shape index (κ2) is 6.75. The molecule has 26 heavy (non-hydrogen) atoms. The number of nitro groups is 1. The first-order valence-corrected chi connectivity index (χ1v) is 7.32. The van der Waals surface area contributed by atoms with E-state index in [1.54, 1.807) is 0 Å². The van der Waals surface area contributed by atoms with Gasteiger partial charge in [-0.1, -0.05) is 0 Å². The Balaban J connectivity index is 1.78. The molecule has 0 bridgehead atoms. The van der Waals surface area contributed by atoms with E-state index in [4.69, 9.17) is 4.74 Å². The van der Waals surface area contributed by atoms with E-state index in [0.717, 1.165) is 18.2 Å². The summed E-state index contributed by atoms with van der Waals surface area (Å²) in [6, 6.07) is 6.34. The molecular formula is C16H11F2N3O5. The molecule has 10 heteroatoms. The van der Waals surface area contributed by atoms with E-state index in [2.05, 4.69) is 5.32 Å². The fourth-order valence-corrected chi connectivity index (χ4v) is 2.45. The highest BCUT2D eigenvalue weighted by molar-refractivity contribution is 5.96. The number of nitro benzene ring substituents is 1. The molecule has 0 saturated carbocycles. The number of non-ortho nitro benzene ring substituents is 1. The van der Waals surface area contributed by atoms with Gasteiger partial charge in [0.2, 0.25) is 5.91 Å². The second-order valence-electron chi connectivity index (χ2n) is 5.41. The van der Waals surface area contributed by atoms with Crippen LogP contribution in [0.25, 0.3) is 0 Å². The van der Waals surface area contributed by atoms with Crippen molar-refractivity contribution < 1.29 is 28.0 Å². The molecule has 0 spiro atoms. The van der Waals surface area contributed by atoms with Crippen LogP contribution in [-0.2, 0) is 9.59 Å². The molecule has 134 valence electrons. The molecule has 8 nitrogen and oxygen atoms in total. The zero-order valence-electron chi connectivity index (χ0n) is 13.1. The Bertz CT molecular complexity index is 919. The normalized spacial score (nSPS) is 13.0. The molecule has 1 heterocycles. The number of esters is 1. The lowest BCUT2D eigenvalue weighted by Gasteiger charge is -2.28. The highest BCUT2D eigenvalue weighted by atomic mass is 19.1. The summed E-state index contributed by atoms with van der Waals surface area (Å²) in [5.41, 5.74) is -0.166. The number of halogens is 2. The van der Waals surface area contributed by atoms with Crippen LogP contribution in [0.4, 0.5) is 25.8 Å². The van der Waals surface area contributed by atoms with Gasteiger partial charge in [-0.05, 0) is 18.2 Å². The van der Waals surface area contributed by atoms with Gasteiger partial charge in [-0.15, -0.1) is 0 Å². The molecular weight excluding hydrogens is 352 g/mol. The molecule has 1 aliphatic heterocycles.